The number of carbonyl (C=O) groups is 1. The third-order valence-corrected chi connectivity index (χ3v) is 4.27. The minimum atomic E-state index is -1.24. The van der Waals surface area contributed by atoms with E-state index in [0.29, 0.717) is 22.4 Å². The van der Waals surface area contributed by atoms with Crippen molar-refractivity contribution in [1.29, 1.82) is 5.26 Å². The topological polar surface area (TPSA) is 116 Å². The van der Waals surface area contributed by atoms with Crippen molar-refractivity contribution < 1.29 is 19.6 Å². The molecule has 0 aliphatic rings. The number of carbonyl (C=O) groups excluding carboxylic acids is 1. The lowest BCUT2D eigenvalue weighted by Gasteiger charge is -2.09. The molecule has 0 radical (unpaired) electrons. The summed E-state index contributed by atoms with van der Waals surface area (Å²) in [6, 6.07) is 21.2. The highest BCUT2D eigenvalue weighted by molar-refractivity contribution is 5.89. The maximum absolute atomic E-state index is 10.9. The number of nitro groups is 1. The number of rotatable bonds is 7. The van der Waals surface area contributed by atoms with Gasteiger partial charge in [-0.1, -0.05) is 30.3 Å². The SMILES string of the molecule is N#C/C(=C/c1ccc(OCc2cccc(C(=O)[O-])c2)cc1)c1ccc([N+](=O)[O-])cc1. The van der Waals surface area contributed by atoms with Gasteiger partial charge in [0.25, 0.3) is 5.69 Å². The molecule has 0 heterocycles. The van der Waals surface area contributed by atoms with Crippen LogP contribution in [-0.2, 0) is 6.61 Å². The van der Waals surface area contributed by atoms with Crippen LogP contribution >= 0.6 is 0 Å². The van der Waals surface area contributed by atoms with Crippen molar-refractivity contribution in [1.82, 2.24) is 0 Å². The average molecular weight is 399 g/mol. The number of nitro benzene ring substituents is 1. The Kier molecular flexibility index (Phi) is 6.20. The summed E-state index contributed by atoms with van der Waals surface area (Å²) in [5.41, 5.74) is 2.46. The van der Waals surface area contributed by atoms with Gasteiger partial charge in [-0.05, 0) is 58.7 Å². The Balaban J connectivity index is 1.70. The highest BCUT2D eigenvalue weighted by atomic mass is 16.6. The molecule has 0 spiro atoms. The summed E-state index contributed by atoms with van der Waals surface area (Å²) in [4.78, 5) is 21.2. The quantitative estimate of drug-likeness (QED) is 0.259. The fraction of sp³-hybridized carbons (Fsp3) is 0.0435. The molecule has 0 aliphatic carbocycles. The van der Waals surface area contributed by atoms with E-state index in [0.717, 1.165) is 5.56 Å². The van der Waals surface area contributed by atoms with Crippen LogP contribution in [0.4, 0.5) is 5.69 Å². The molecule has 0 aliphatic heterocycles. The highest BCUT2D eigenvalue weighted by Crippen LogP contribution is 2.22. The largest absolute Gasteiger partial charge is 0.545 e. The first-order chi connectivity index (χ1) is 14.5. The van der Waals surface area contributed by atoms with Crippen LogP contribution in [0.2, 0.25) is 0 Å². The predicted molar refractivity (Wildman–Crippen MR) is 108 cm³/mol. The zero-order valence-corrected chi connectivity index (χ0v) is 15.6. The first kappa shape index (κ1) is 20.3. The summed E-state index contributed by atoms with van der Waals surface area (Å²) in [5.74, 6) is -0.658. The Morgan fingerprint density at radius 1 is 1.03 bits per heavy atom. The summed E-state index contributed by atoms with van der Waals surface area (Å²) in [6.45, 7) is 0.197. The van der Waals surface area contributed by atoms with E-state index in [9.17, 15) is 25.3 Å². The number of nitrogens with zero attached hydrogens (tertiary/aromatic N) is 2. The molecule has 0 N–H and O–H groups in total. The summed E-state index contributed by atoms with van der Waals surface area (Å²) in [7, 11) is 0. The van der Waals surface area contributed by atoms with Crippen LogP contribution in [0.15, 0.2) is 72.8 Å². The van der Waals surface area contributed by atoms with Crippen LogP contribution in [0.25, 0.3) is 11.6 Å². The van der Waals surface area contributed by atoms with Gasteiger partial charge in [0.15, 0.2) is 0 Å². The lowest BCUT2D eigenvalue weighted by molar-refractivity contribution is -0.384. The van der Waals surface area contributed by atoms with Crippen LogP contribution in [0, 0.1) is 21.4 Å². The summed E-state index contributed by atoms with van der Waals surface area (Å²) in [6.07, 6.45) is 1.67. The number of nitriles is 1. The molecule has 148 valence electrons. The monoisotopic (exact) mass is 399 g/mol. The maximum atomic E-state index is 10.9. The Hall–Kier alpha value is -4.44. The lowest BCUT2D eigenvalue weighted by Crippen LogP contribution is -2.22. The average Bonchev–Trinajstić information content (AvgIpc) is 2.77. The molecule has 30 heavy (non-hydrogen) atoms. The van der Waals surface area contributed by atoms with Crippen molar-refractivity contribution in [3.05, 3.63) is 105 Å². The number of ether oxygens (including phenoxy) is 1. The fourth-order valence-electron chi connectivity index (χ4n) is 2.72. The molecule has 3 aromatic carbocycles. The van der Waals surface area contributed by atoms with Gasteiger partial charge in [-0.15, -0.1) is 0 Å². The molecule has 0 fully saturated rings. The van der Waals surface area contributed by atoms with Gasteiger partial charge in [0.05, 0.1) is 22.5 Å². The smallest absolute Gasteiger partial charge is 0.269 e. The number of hydrogen-bond donors (Lipinski definition) is 0. The highest BCUT2D eigenvalue weighted by Gasteiger charge is 2.07. The Morgan fingerprint density at radius 2 is 1.73 bits per heavy atom. The van der Waals surface area contributed by atoms with Crippen LogP contribution in [0.3, 0.4) is 0 Å². The lowest BCUT2D eigenvalue weighted by atomic mass is 10.0. The van der Waals surface area contributed by atoms with E-state index in [-0.39, 0.29) is 17.9 Å². The standard InChI is InChI=1S/C23H16N2O5/c24-14-20(18-6-8-21(9-7-18)25(28)29)12-16-4-10-22(11-5-16)30-15-17-2-1-3-19(13-17)23(26)27/h1-13H,15H2,(H,26,27)/p-1/b20-12-. The number of aromatic carboxylic acids is 1. The molecule has 0 saturated carbocycles. The second-order valence-electron chi connectivity index (χ2n) is 6.32. The number of non-ortho nitro benzene ring substituents is 1. The van der Waals surface area contributed by atoms with E-state index in [1.54, 1.807) is 42.5 Å². The second kappa shape index (κ2) is 9.17. The van der Waals surface area contributed by atoms with Gasteiger partial charge < -0.3 is 14.6 Å². The van der Waals surface area contributed by atoms with E-state index in [4.69, 9.17) is 4.74 Å². The first-order valence-electron chi connectivity index (χ1n) is 8.86. The second-order valence-corrected chi connectivity index (χ2v) is 6.32. The molecule has 0 aromatic heterocycles. The fourth-order valence-corrected chi connectivity index (χ4v) is 2.72. The third-order valence-electron chi connectivity index (χ3n) is 4.27. The first-order valence-corrected chi connectivity index (χ1v) is 8.86. The van der Waals surface area contributed by atoms with E-state index in [1.807, 2.05) is 0 Å². The zero-order valence-electron chi connectivity index (χ0n) is 15.6. The number of benzene rings is 3. The summed E-state index contributed by atoms with van der Waals surface area (Å²) < 4.78 is 5.67. The molecule has 0 saturated heterocycles. The van der Waals surface area contributed by atoms with Crippen LogP contribution in [-0.4, -0.2) is 10.9 Å². The van der Waals surface area contributed by atoms with Crippen molar-refractivity contribution in [2.45, 2.75) is 6.61 Å². The van der Waals surface area contributed by atoms with E-state index in [2.05, 4.69) is 6.07 Å². The normalized spacial score (nSPS) is 10.8. The molecule has 7 heteroatoms. The predicted octanol–water partition coefficient (Wildman–Crippen LogP) is 3.60. The Morgan fingerprint density at radius 3 is 2.33 bits per heavy atom. The van der Waals surface area contributed by atoms with Crippen molar-refractivity contribution >= 4 is 23.3 Å². The van der Waals surface area contributed by atoms with Crippen molar-refractivity contribution in [3.63, 3.8) is 0 Å². The van der Waals surface area contributed by atoms with Gasteiger partial charge in [0.2, 0.25) is 0 Å². The molecular formula is C23H15N2O5-. The molecule has 0 amide bonds. The molecule has 3 rings (SSSR count). The van der Waals surface area contributed by atoms with E-state index in [1.165, 1.54) is 36.4 Å². The van der Waals surface area contributed by atoms with Gasteiger partial charge in [0, 0.05) is 12.1 Å². The Labute approximate surface area is 172 Å². The van der Waals surface area contributed by atoms with Crippen LogP contribution in [0.1, 0.15) is 27.0 Å². The Bertz CT molecular complexity index is 1140. The molecule has 3 aromatic rings. The zero-order chi connectivity index (χ0) is 21.5. The van der Waals surface area contributed by atoms with E-state index >= 15 is 0 Å². The van der Waals surface area contributed by atoms with Crippen LogP contribution in [0.5, 0.6) is 5.75 Å². The minimum absolute atomic E-state index is 0.0392. The number of carboxylic acids is 1. The molecule has 0 unspecified atom stereocenters. The summed E-state index contributed by atoms with van der Waals surface area (Å²) in [5, 5.41) is 31.1. The van der Waals surface area contributed by atoms with E-state index < -0.39 is 10.9 Å². The third kappa shape index (κ3) is 5.09. The van der Waals surface area contributed by atoms with Crippen molar-refractivity contribution in [3.8, 4) is 11.8 Å². The van der Waals surface area contributed by atoms with Crippen molar-refractivity contribution in [2.24, 2.45) is 0 Å². The van der Waals surface area contributed by atoms with Gasteiger partial charge in [-0.2, -0.15) is 5.26 Å². The number of carboxylic acid groups (broad SMARTS) is 1. The minimum Gasteiger partial charge on any atom is -0.545 e. The van der Waals surface area contributed by atoms with Gasteiger partial charge >= 0.3 is 0 Å². The maximum Gasteiger partial charge on any atom is 0.269 e. The van der Waals surface area contributed by atoms with Crippen molar-refractivity contribution in [2.75, 3.05) is 0 Å². The molecular weight excluding hydrogens is 384 g/mol. The molecule has 7 nitrogen and oxygen atoms in total. The molecule has 0 atom stereocenters. The number of hydrogen-bond acceptors (Lipinski definition) is 6. The summed E-state index contributed by atoms with van der Waals surface area (Å²) >= 11 is 0. The van der Waals surface area contributed by atoms with Gasteiger partial charge in [0.1, 0.15) is 12.4 Å². The number of allylic oxidation sites excluding steroid dienone is 1. The van der Waals surface area contributed by atoms with Gasteiger partial charge in [-0.3, -0.25) is 10.1 Å². The molecule has 0 bridgehead atoms. The van der Waals surface area contributed by atoms with Crippen LogP contribution < -0.4 is 9.84 Å². The van der Waals surface area contributed by atoms with Gasteiger partial charge in [-0.25, -0.2) is 0 Å².